The van der Waals surface area contributed by atoms with Crippen LogP contribution in [0.2, 0.25) is 0 Å². The minimum atomic E-state index is -2.47. The van der Waals surface area contributed by atoms with Crippen LogP contribution in [0.25, 0.3) is 10.2 Å². The zero-order valence-electron chi connectivity index (χ0n) is 5.93. The van der Waals surface area contributed by atoms with Crippen LogP contribution in [0.1, 0.15) is 0 Å². The van der Waals surface area contributed by atoms with E-state index in [2.05, 4.69) is 4.98 Å². The molecule has 0 bridgehead atoms. The van der Waals surface area contributed by atoms with Crippen molar-refractivity contribution in [2.45, 2.75) is 4.90 Å². The van der Waals surface area contributed by atoms with Crippen molar-refractivity contribution >= 4 is 32.3 Å². The van der Waals surface area contributed by atoms with E-state index in [0.717, 1.165) is 10.2 Å². The van der Waals surface area contributed by atoms with Crippen molar-refractivity contribution in [3.8, 4) is 0 Å². The molecular formula is C7H5NO2S2. The third kappa shape index (κ3) is 1.21. The summed E-state index contributed by atoms with van der Waals surface area (Å²) in [7, 11) is -2.47. The largest absolute Gasteiger partial charge is 0.245 e. The van der Waals surface area contributed by atoms with Crippen LogP contribution in [0.15, 0.2) is 28.6 Å². The Balaban J connectivity index is 2.76. The summed E-state index contributed by atoms with van der Waals surface area (Å²) in [4.78, 5) is 4.39. The van der Waals surface area contributed by atoms with Gasteiger partial charge in [-0.2, -0.15) is 0 Å². The van der Waals surface area contributed by atoms with Gasteiger partial charge in [0.15, 0.2) is 10.7 Å². The summed E-state index contributed by atoms with van der Waals surface area (Å²) in [6.07, 6.45) is 0. The molecule has 0 amide bonds. The predicted octanol–water partition coefficient (Wildman–Crippen LogP) is 1.27. The number of thiazole rings is 1. The van der Waals surface area contributed by atoms with Crippen LogP contribution in [0.3, 0.4) is 0 Å². The highest BCUT2D eigenvalue weighted by molar-refractivity contribution is 7.72. The number of hydrogen-bond acceptors (Lipinski definition) is 4. The maximum Gasteiger partial charge on any atom is 0.168 e. The van der Waals surface area contributed by atoms with Crippen molar-refractivity contribution in [1.82, 2.24) is 4.98 Å². The van der Waals surface area contributed by atoms with Crippen molar-refractivity contribution < 1.29 is 8.42 Å². The Hall–Kier alpha value is -0.940. The van der Waals surface area contributed by atoms with Gasteiger partial charge in [-0.3, -0.25) is 0 Å². The highest BCUT2D eigenvalue weighted by Gasteiger charge is 1.99. The number of hydrogen-bond donors (Lipinski definition) is 1. The van der Waals surface area contributed by atoms with Gasteiger partial charge in [0, 0.05) is 0 Å². The van der Waals surface area contributed by atoms with E-state index in [1.165, 1.54) is 11.3 Å². The minimum Gasteiger partial charge on any atom is -0.245 e. The van der Waals surface area contributed by atoms with Gasteiger partial charge in [0.1, 0.15) is 0 Å². The fourth-order valence-electron chi connectivity index (χ4n) is 0.957. The van der Waals surface area contributed by atoms with Crippen LogP contribution in [-0.2, 0) is 10.7 Å². The van der Waals surface area contributed by atoms with E-state index < -0.39 is 10.7 Å². The van der Waals surface area contributed by atoms with Crippen molar-refractivity contribution in [1.29, 1.82) is 0 Å². The molecule has 62 valence electrons. The summed E-state index contributed by atoms with van der Waals surface area (Å²) < 4.78 is 22.1. The maximum absolute atomic E-state index is 10.6. The van der Waals surface area contributed by atoms with Crippen LogP contribution in [0.5, 0.6) is 0 Å². The Morgan fingerprint density at radius 2 is 2.17 bits per heavy atom. The molecule has 0 unspecified atom stereocenters. The van der Waals surface area contributed by atoms with Crippen molar-refractivity contribution in [2.75, 3.05) is 0 Å². The molecule has 0 aliphatic heterocycles. The summed E-state index contributed by atoms with van der Waals surface area (Å²) in [6, 6.07) is 4.92. The Labute approximate surface area is 74.6 Å². The zero-order valence-corrected chi connectivity index (χ0v) is 7.64. The predicted molar refractivity (Wildman–Crippen MR) is 48.2 cm³/mol. The van der Waals surface area contributed by atoms with Gasteiger partial charge >= 0.3 is 0 Å². The zero-order chi connectivity index (χ0) is 8.55. The first kappa shape index (κ1) is 7.70. The molecule has 0 aliphatic rings. The first-order chi connectivity index (χ1) is 5.77. The Morgan fingerprint density at radius 1 is 1.33 bits per heavy atom. The summed E-state index contributed by atoms with van der Waals surface area (Å²) in [6.45, 7) is 0. The Bertz CT molecular complexity index is 479. The molecule has 0 N–H and O–H groups in total. The van der Waals surface area contributed by atoms with Gasteiger partial charge in [-0.05, 0) is 18.2 Å². The molecule has 0 saturated heterocycles. The third-order valence-corrected chi connectivity index (χ3v) is 3.02. The molecule has 1 aromatic carbocycles. The van der Waals surface area contributed by atoms with E-state index in [-0.39, 0.29) is 0 Å². The summed E-state index contributed by atoms with van der Waals surface area (Å²) in [5.74, 6) is 0. The molecule has 5 heteroatoms. The lowest BCUT2D eigenvalue weighted by Crippen LogP contribution is -1.78. The smallest absolute Gasteiger partial charge is 0.168 e. The van der Waals surface area contributed by atoms with Crippen molar-refractivity contribution in [3.63, 3.8) is 0 Å². The highest BCUT2D eigenvalue weighted by Crippen LogP contribution is 2.19. The molecule has 1 aromatic heterocycles. The summed E-state index contributed by atoms with van der Waals surface area (Å²) in [5.41, 5.74) is 2.55. The lowest BCUT2D eigenvalue weighted by atomic mass is 10.3. The van der Waals surface area contributed by atoms with Crippen LogP contribution < -0.4 is 0 Å². The molecule has 1 heterocycles. The molecule has 0 atom stereocenters. The summed E-state index contributed by atoms with van der Waals surface area (Å²) >= 11 is 1.44. The van der Waals surface area contributed by atoms with Gasteiger partial charge < -0.3 is 0 Å². The second-order valence-electron chi connectivity index (χ2n) is 2.26. The summed E-state index contributed by atoms with van der Waals surface area (Å²) in [5, 5.41) is 0. The normalized spacial score (nSPS) is 11.1. The fourth-order valence-corrected chi connectivity index (χ4v) is 2.19. The fraction of sp³-hybridized carbons (Fsp3) is 0. The van der Waals surface area contributed by atoms with E-state index in [0.29, 0.717) is 4.90 Å². The maximum atomic E-state index is 10.6. The molecular weight excluding hydrogens is 194 g/mol. The molecule has 3 nitrogen and oxygen atoms in total. The molecule has 0 radical (unpaired) electrons. The van der Waals surface area contributed by atoms with Crippen LogP contribution in [0.4, 0.5) is 0 Å². The molecule has 0 aliphatic carbocycles. The number of aromatic nitrogens is 1. The van der Waals surface area contributed by atoms with Gasteiger partial charge in [-0.1, -0.05) is 0 Å². The van der Waals surface area contributed by atoms with Crippen LogP contribution in [0, 0.1) is 0 Å². The molecule has 12 heavy (non-hydrogen) atoms. The van der Waals surface area contributed by atoms with E-state index in [4.69, 9.17) is 0 Å². The van der Waals surface area contributed by atoms with E-state index in [1.54, 1.807) is 23.7 Å². The van der Waals surface area contributed by atoms with Crippen molar-refractivity contribution in [3.05, 3.63) is 23.7 Å². The second-order valence-corrected chi connectivity index (χ2v) is 4.18. The lowest BCUT2D eigenvalue weighted by Gasteiger charge is -1.88. The van der Waals surface area contributed by atoms with Crippen molar-refractivity contribution in [2.24, 2.45) is 0 Å². The van der Waals surface area contributed by atoms with Gasteiger partial charge in [0.25, 0.3) is 0 Å². The average molecular weight is 199 g/mol. The van der Waals surface area contributed by atoms with E-state index in [1.807, 2.05) is 0 Å². The lowest BCUT2D eigenvalue weighted by molar-refractivity contribution is 0.614. The number of benzene rings is 1. The van der Waals surface area contributed by atoms with Gasteiger partial charge in [-0.15, -0.1) is 11.3 Å². The quantitative estimate of drug-likeness (QED) is 0.703. The molecule has 0 spiro atoms. The number of fused-ring (bicyclic) bond motifs is 1. The van der Waals surface area contributed by atoms with Crippen LogP contribution >= 0.6 is 11.3 Å². The highest BCUT2D eigenvalue weighted by atomic mass is 32.2. The second kappa shape index (κ2) is 2.84. The number of thiol groups is 1. The minimum absolute atomic E-state index is 0.349. The molecule has 2 aromatic rings. The molecule has 0 saturated carbocycles. The first-order valence-corrected chi connectivity index (χ1v) is 5.31. The van der Waals surface area contributed by atoms with E-state index >= 15 is 0 Å². The monoisotopic (exact) mass is 199 g/mol. The van der Waals surface area contributed by atoms with Gasteiger partial charge in [0.05, 0.1) is 20.6 Å². The molecule has 0 fully saturated rings. The SMILES string of the molecule is O=[SH](=O)c1ccc2ncsc2c1. The number of nitrogens with zero attached hydrogens (tertiary/aromatic N) is 1. The Morgan fingerprint density at radius 3 is 2.92 bits per heavy atom. The van der Waals surface area contributed by atoms with Gasteiger partial charge in [0.2, 0.25) is 0 Å². The topological polar surface area (TPSA) is 47.0 Å². The van der Waals surface area contributed by atoms with Gasteiger partial charge in [-0.25, -0.2) is 13.4 Å². The standard InChI is InChI=1S/C7H5NO2S2/c9-12(10)5-1-2-6-7(3-5)11-4-8-6/h1-4,12H. The Kier molecular flexibility index (Phi) is 1.82. The number of rotatable bonds is 1. The van der Waals surface area contributed by atoms with Crippen LogP contribution in [-0.4, -0.2) is 13.4 Å². The average Bonchev–Trinajstić information content (AvgIpc) is 2.49. The third-order valence-electron chi connectivity index (χ3n) is 1.53. The molecule has 2 rings (SSSR count). The van der Waals surface area contributed by atoms with E-state index in [9.17, 15) is 8.42 Å². The first-order valence-electron chi connectivity index (χ1n) is 3.25.